The molecule has 3 heteroatoms. The van der Waals surface area contributed by atoms with Crippen LogP contribution in [-0.4, -0.2) is 9.97 Å². The summed E-state index contributed by atoms with van der Waals surface area (Å²) in [6.45, 7) is 6.61. The molecule has 0 spiro atoms. The van der Waals surface area contributed by atoms with Crippen LogP contribution in [0.1, 0.15) is 30.9 Å². The van der Waals surface area contributed by atoms with Crippen LogP contribution in [0.2, 0.25) is 0 Å². The minimum atomic E-state index is 0.379. The van der Waals surface area contributed by atoms with Crippen molar-refractivity contribution in [2.75, 3.05) is 0 Å². The van der Waals surface area contributed by atoms with Gasteiger partial charge in [-0.3, -0.25) is 4.98 Å². The first kappa shape index (κ1) is 23.8. The van der Waals surface area contributed by atoms with E-state index in [9.17, 15) is 0 Å². The minimum Gasteiger partial charge on any atom is -0.455 e. The molecule has 41 heavy (non-hydrogen) atoms. The van der Waals surface area contributed by atoms with Crippen molar-refractivity contribution in [2.24, 2.45) is 0 Å². The average molecular weight is 529 g/mol. The number of aryl methyl sites for hydroxylation is 1. The van der Waals surface area contributed by atoms with Crippen molar-refractivity contribution in [3.8, 4) is 22.4 Å². The highest BCUT2D eigenvalue weighted by molar-refractivity contribution is 6.23. The van der Waals surface area contributed by atoms with Crippen LogP contribution in [0.25, 0.3) is 76.9 Å². The predicted octanol–water partition coefficient (Wildman–Crippen LogP) is 10.6. The number of nitrogens with zero attached hydrogens (tertiary/aromatic N) is 2. The van der Waals surface area contributed by atoms with Crippen LogP contribution in [-0.2, 0) is 0 Å². The van der Waals surface area contributed by atoms with Crippen LogP contribution >= 0.6 is 0 Å². The standard InChI is InChI=1S/C38H28N2O/c1-22(2)32-18-23(3)19-33-31-17-9-16-26(37(31)41-38(32)33)24-10-8-11-25(20-24)34-21-39-35-29-14-6-4-12-27(29)28-13-5-7-15-30(28)36(35)40-34/h4-22H,1-3H3. The van der Waals surface area contributed by atoms with Crippen molar-refractivity contribution in [3.05, 3.63) is 120 Å². The van der Waals surface area contributed by atoms with Gasteiger partial charge in [0.05, 0.1) is 22.9 Å². The van der Waals surface area contributed by atoms with Gasteiger partial charge >= 0.3 is 0 Å². The Labute approximate surface area is 238 Å². The number of benzene rings is 6. The second-order valence-corrected chi connectivity index (χ2v) is 11.3. The number of para-hydroxylation sites is 1. The summed E-state index contributed by atoms with van der Waals surface area (Å²) < 4.78 is 6.65. The van der Waals surface area contributed by atoms with E-state index < -0.39 is 0 Å². The van der Waals surface area contributed by atoms with Gasteiger partial charge in [-0.05, 0) is 52.4 Å². The highest BCUT2D eigenvalue weighted by Gasteiger charge is 2.18. The molecular weight excluding hydrogens is 500 g/mol. The van der Waals surface area contributed by atoms with Crippen LogP contribution in [0.3, 0.4) is 0 Å². The van der Waals surface area contributed by atoms with Gasteiger partial charge in [0, 0.05) is 32.7 Å². The van der Waals surface area contributed by atoms with E-state index in [0.29, 0.717) is 5.92 Å². The second kappa shape index (κ2) is 9.00. The third-order valence-corrected chi connectivity index (χ3v) is 8.29. The van der Waals surface area contributed by atoms with E-state index in [2.05, 4.69) is 124 Å². The van der Waals surface area contributed by atoms with Gasteiger partial charge in [0.25, 0.3) is 0 Å². The molecule has 8 aromatic rings. The normalized spacial score (nSPS) is 12.0. The molecule has 0 aliphatic carbocycles. The summed E-state index contributed by atoms with van der Waals surface area (Å²) in [5, 5.41) is 6.98. The number of hydrogen-bond donors (Lipinski definition) is 0. The monoisotopic (exact) mass is 528 g/mol. The fourth-order valence-electron chi connectivity index (χ4n) is 6.34. The number of aromatic nitrogens is 2. The van der Waals surface area contributed by atoms with Crippen molar-refractivity contribution in [2.45, 2.75) is 26.7 Å². The first-order valence-electron chi connectivity index (χ1n) is 14.2. The maximum absolute atomic E-state index is 6.65. The topological polar surface area (TPSA) is 38.9 Å². The number of rotatable bonds is 3. The first-order chi connectivity index (χ1) is 20.1. The Morgan fingerprint density at radius 2 is 1.24 bits per heavy atom. The highest BCUT2D eigenvalue weighted by atomic mass is 16.3. The zero-order valence-corrected chi connectivity index (χ0v) is 23.3. The van der Waals surface area contributed by atoms with Crippen LogP contribution in [0.5, 0.6) is 0 Å². The van der Waals surface area contributed by atoms with Gasteiger partial charge in [-0.25, -0.2) is 4.98 Å². The summed E-state index contributed by atoms with van der Waals surface area (Å²) in [7, 11) is 0. The lowest BCUT2D eigenvalue weighted by Gasteiger charge is -2.11. The Bertz CT molecular complexity index is 2270. The van der Waals surface area contributed by atoms with Gasteiger partial charge in [-0.15, -0.1) is 0 Å². The number of furan rings is 1. The molecule has 3 nitrogen and oxygen atoms in total. The quantitative estimate of drug-likeness (QED) is 0.214. The zero-order chi connectivity index (χ0) is 27.7. The van der Waals surface area contributed by atoms with Crippen molar-refractivity contribution in [1.82, 2.24) is 9.97 Å². The summed E-state index contributed by atoms with van der Waals surface area (Å²) in [6.07, 6.45) is 1.90. The minimum absolute atomic E-state index is 0.379. The van der Waals surface area contributed by atoms with Crippen LogP contribution < -0.4 is 0 Å². The highest BCUT2D eigenvalue weighted by Crippen LogP contribution is 2.40. The zero-order valence-electron chi connectivity index (χ0n) is 23.3. The third-order valence-electron chi connectivity index (χ3n) is 8.29. The molecule has 196 valence electrons. The van der Waals surface area contributed by atoms with Gasteiger partial charge in [-0.1, -0.05) is 105 Å². The Morgan fingerprint density at radius 3 is 2.00 bits per heavy atom. The predicted molar refractivity (Wildman–Crippen MR) is 172 cm³/mol. The molecule has 0 fully saturated rings. The molecule has 0 unspecified atom stereocenters. The lowest BCUT2D eigenvalue weighted by atomic mass is 9.96. The van der Waals surface area contributed by atoms with E-state index >= 15 is 0 Å². The Morgan fingerprint density at radius 1 is 0.585 bits per heavy atom. The number of fused-ring (bicyclic) bond motifs is 9. The van der Waals surface area contributed by atoms with E-state index in [1.165, 1.54) is 27.3 Å². The van der Waals surface area contributed by atoms with Crippen molar-refractivity contribution >= 4 is 54.5 Å². The third kappa shape index (κ3) is 3.66. The summed E-state index contributed by atoms with van der Waals surface area (Å²) in [4.78, 5) is 10.2. The maximum atomic E-state index is 6.65. The Hall–Kier alpha value is -5.02. The largest absolute Gasteiger partial charge is 0.455 e. The lowest BCUT2D eigenvalue weighted by Crippen LogP contribution is -1.92. The molecule has 0 amide bonds. The summed E-state index contributed by atoms with van der Waals surface area (Å²) in [5.74, 6) is 0.379. The molecule has 0 N–H and O–H groups in total. The molecular formula is C38H28N2O. The molecule has 0 saturated carbocycles. The molecule has 0 radical (unpaired) electrons. The fourth-order valence-corrected chi connectivity index (χ4v) is 6.34. The first-order valence-corrected chi connectivity index (χ1v) is 14.2. The second-order valence-electron chi connectivity index (χ2n) is 11.3. The summed E-state index contributed by atoms with van der Waals surface area (Å²) >= 11 is 0. The fraction of sp³-hybridized carbons (Fsp3) is 0.105. The lowest BCUT2D eigenvalue weighted by molar-refractivity contribution is 0.658. The summed E-state index contributed by atoms with van der Waals surface area (Å²) in [5.41, 5.74) is 10.3. The van der Waals surface area contributed by atoms with Crippen molar-refractivity contribution in [3.63, 3.8) is 0 Å². The maximum Gasteiger partial charge on any atom is 0.143 e. The van der Waals surface area contributed by atoms with E-state index in [-0.39, 0.29) is 0 Å². The molecule has 6 aromatic carbocycles. The van der Waals surface area contributed by atoms with Crippen LogP contribution in [0, 0.1) is 6.92 Å². The van der Waals surface area contributed by atoms with Gasteiger partial charge in [0.1, 0.15) is 11.2 Å². The van der Waals surface area contributed by atoms with Crippen LogP contribution in [0.15, 0.2) is 114 Å². The number of hydrogen-bond acceptors (Lipinski definition) is 3. The average Bonchev–Trinajstić information content (AvgIpc) is 3.39. The Kier molecular flexibility index (Phi) is 5.23. The van der Waals surface area contributed by atoms with Gasteiger partial charge in [0.15, 0.2) is 0 Å². The van der Waals surface area contributed by atoms with E-state index in [1.807, 2.05) is 6.20 Å². The van der Waals surface area contributed by atoms with E-state index in [0.717, 1.165) is 60.7 Å². The van der Waals surface area contributed by atoms with Gasteiger partial charge in [0.2, 0.25) is 0 Å². The van der Waals surface area contributed by atoms with Crippen molar-refractivity contribution < 1.29 is 4.42 Å². The molecule has 2 heterocycles. The van der Waals surface area contributed by atoms with Gasteiger partial charge < -0.3 is 4.42 Å². The van der Waals surface area contributed by atoms with Crippen molar-refractivity contribution in [1.29, 1.82) is 0 Å². The molecule has 0 aliphatic rings. The molecule has 2 aromatic heterocycles. The molecule has 0 saturated heterocycles. The molecule has 0 atom stereocenters. The van der Waals surface area contributed by atoms with Crippen LogP contribution in [0.4, 0.5) is 0 Å². The smallest absolute Gasteiger partial charge is 0.143 e. The van der Waals surface area contributed by atoms with Gasteiger partial charge in [-0.2, -0.15) is 0 Å². The molecule has 0 aliphatic heterocycles. The molecule has 8 rings (SSSR count). The van der Waals surface area contributed by atoms with E-state index in [1.54, 1.807) is 0 Å². The molecule has 0 bridgehead atoms. The SMILES string of the molecule is Cc1cc(C(C)C)c2oc3c(-c4cccc(-c5cnc6c7ccccc7c7ccccc7c6n5)c4)cccc3c2c1. The van der Waals surface area contributed by atoms with E-state index in [4.69, 9.17) is 14.4 Å². The summed E-state index contributed by atoms with van der Waals surface area (Å²) in [6, 6.07) is 36.4. The Balaban J connectivity index is 1.33.